The molecule has 0 fully saturated rings. The van der Waals surface area contributed by atoms with Crippen LogP contribution in [0, 0.1) is 0 Å². The van der Waals surface area contributed by atoms with Crippen LogP contribution in [0.1, 0.15) is 22.8 Å². The quantitative estimate of drug-likeness (QED) is 0.411. The summed E-state index contributed by atoms with van der Waals surface area (Å²) in [6.07, 6.45) is 0. The normalized spacial score (nSPS) is 12.8. The van der Waals surface area contributed by atoms with E-state index in [9.17, 15) is 0 Å². The van der Waals surface area contributed by atoms with Gasteiger partial charge < -0.3 is 47.9 Å². The SMILES string of the molecule is COC1=C(OC)c2cc3[nH]c(cc4[nH]c(cc5nc(cc1n2)C(OC)=C5OC)c(OC)c4OC)c(OC)c3OC. The molecule has 5 heterocycles. The zero-order chi connectivity index (χ0) is 28.6. The van der Waals surface area contributed by atoms with Gasteiger partial charge in [-0.25, -0.2) is 9.97 Å². The molecule has 2 N–H and O–H groups in total. The van der Waals surface area contributed by atoms with E-state index >= 15 is 0 Å². The summed E-state index contributed by atoms with van der Waals surface area (Å²) >= 11 is 0. The lowest BCUT2D eigenvalue weighted by atomic mass is 10.2. The lowest BCUT2D eigenvalue weighted by Gasteiger charge is -2.06. The highest BCUT2D eigenvalue weighted by atomic mass is 16.5. The summed E-state index contributed by atoms with van der Waals surface area (Å²) in [4.78, 5) is 16.3. The molecular formula is C28H30N4O8. The molecule has 2 aliphatic heterocycles. The highest BCUT2D eigenvalue weighted by Gasteiger charge is 2.27. The molecule has 8 bridgehead atoms. The van der Waals surface area contributed by atoms with E-state index in [1.807, 2.05) is 6.07 Å². The van der Waals surface area contributed by atoms with Gasteiger partial charge in [-0.05, 0) is 24.3 Å². The summed E-state index contributed by atoms with van der Waals surface area (Å²) in [6.45, 7) is 0. The first kappa shape index (κ1) is 26.6. The molecule has 0 amide bonds. The van der Waals surface area contributed by atoms with E-state index in [0.717, 1.165) is 0 Å². The molecule has 0 unspecified atom stereocenters. The average molecular weight is 551 g/mol. The summed E-state index contributed by atoms with van der Waals surface area (Å²) < 4.78 is 45.7. The predicted molar refractivity (Wildman–Crippen MR) is 149 cm³/mol. The summed E-state index contributed by atoms with van der Waals surface area (Å²) in [7, 11) is 12.5. The maximum Gasteiger partial charge on any atom is 0.188 e. The van der Waals surface area contributed by atoms with Crippen LogP contribution in [0.2, 0.25) is 0 Å². The Morgan fingerprint density at radius 3 is 0.925 bits per heavy atom. The smallest absolute Gasteiger partial charge is 0.188 e. The van der Waals surface area contributed by atoms with Gasteiger partial charge in [-0.1, -0.05) is 0 Å². The lowest BCUT2D eigenvalue weighted by Crippen LogP contribution is -1.92. The number of H-pyrrole nitrogens is 2. The fraction of sp³-hybridized carbons (Fsp3) is 0.286. The first-order valence-electron chi connectivity index (χ1n) is 12.1. The second-order valence-electron chi connectivity index (χ2n) is 8.51. The Morgan fingerprint density at radius 1 is 0.375 bits per heavy atom. The third-order valence-corrected chi connectivity index (χ3v) is 6.51. The first-order chi connectivity index (χ1) is 19.5. The van der Waals surface area contributed by atoms with Gasteiger partial charge in [0.1, 0.15) is 22.8 Å². The molecule has 0 radical (unpaired) electrons. The molecule has 0 spiro atoms. The Bertz CT molecular complexity index is 1580. The third-order valence-electron chi connectivity index (χ3n) is 6.51. The van der Waals surface area contributed by atoms with Crippen LogP contribution in [-0.4, -0.2) is 76.8 Å². The number of ether oxygens (including phenoxy) is 8. The molecule has 5 rings (SSSR count). The van der Waals surface area contributed by atoms with Crippen LogP contribution in [0.25, 0.3) is 45.1 Å². The van der Waals surface area contributed by atoms with Crippen LogP contribution in [0.5, 0.6) is 23.0 Å². The summed E-state index contributed by atoms with van der Waals surface area (Å²) in [5.41, 5.74) is 4.38. The second kappa shape index (κ2) is 10.6. The van der Waals surface area contributed by atoms with Crippen LogP contribution < -0.4 is 18.9 Å². The minimum absolute atomic E-state index is 0.428. The van der Waals surface area contributed by atoms with Crippen molar-refractivity contribution in [1.82, 2.24) is 19.9 Å². The fourth-order valence-electron chi connectivity index (χ4n) is 4.88. The molecule has 0 saturated heterocycles. The molecule has 0 atom stereocenters. The van der Waals surface area contributed by atoms with E-state index in [1.54, 1.807) is 75.1 Å². The van der Waals surface area contributed by atoms with Crippen molar-refractivity contribution in [3.8, 4) is 23.0 Å². The molecule has 12 nitrogen and oxygen atoms in total. The van der Waals surface area contributed by atoms with Gasteiger partial charge in [0.05, 0.1) is 78.9 Å². The lowest BCUT2D eigenvalue weighted by molar-refractivity contribution is 0.330. The molecule has 0 aromatic carbocycles. The van der Waals surface area contributed by atoms with Crippen molar-refractivity contribution in [1.29, 1.82) is 0 Å². The van der Waals surface area contributed by atoms with Crippen molar-refractivity contribution in [3.05, 3.63) is 47.0 Å². The van der Waals surface area contributed by atoms with Gasteiger partial charge in [0, 0.05) is 0 Å². The number of hydrogen-bond acceptors (Lipinski definition) is 10. The van der Waals surface area contributed by atoms with Crippen LogP contribution in [0.15, 0.2) is 24.3 Å². The largest absolute Gasteiger partial charge is 0.491 e. The summed E-state index contributed by atoms with van der Waals surface area (Å²) in [5, 5.41) is 0. The molecule has 210 valence electrons. The summed E-state index contributed by atoms with van der Waals surface area (Å²) in [6, 6.07) is 7.15. The molecule has 0 aliphatic carbocycles. The summed E-state index contributed by atoms with van der Waals surface area (Å²) in [5.74, 6) is 3.64. The zero-order valence-electron chi connectivity index (χ0n) is 23.5. The molecule has 0 saturated carbocycles. The number of rotatable bonds is 8. The van der Waals surface area contributed by atoms with Crippen LogP contribution in [0.4, 0.5) is 0 Å². The maximum atomic E-state index is 5.73. The monoisotopic (exact) mass is 550 g/mol. The van der Waals surface area contributed by atoms with Gasteiger partial charge in [0.2, 0.25) is 0 Å². The van der Waals surface area contributed by atoms with Gasteiger partial charge in [-0.3, -0.25) is 0 Å². The Morgan fingerprint density at radius 2 is 0.650 bits per heavy atom. The Labute approximate surface area is 230 Å². The van der Waals surface area contributed by atoms with Gasteiger partial charge in [0.15, 0.2) is 46.0 Å². The van der Waals surface area contributed by atoms with Crippen molar-refractivity contribution >= 4 is 45.1 Å². The molecule has 3 aromatic heterocycles. The van der Waals surface area contributed by atoms with Crippen LogP contribution in [-0.2, 0) is 18.9 Å². The number of aromatic nitrogens is 4. The maximum absolute atomic E-state index is 5.73. The molecule has 40 heavy (non-hydrogen) atoms. The topological polar surface area (TPSA) is 131 Å². The number of aromatic amines is 2. The van der Waals surface area contributed by atoms with Gasteiger partial charge in [-0.2, -0.15) is 0 Å². The standard InChI is InChI=1S/C28H30N4O8/c1-33-21-13-9-15-23(35-3)25(37-5)17(30-15)11-19-27(39-7)28(40-8)20(32-19)12-18-26(38-6)24(36-4)16(31-18)10-14(29-13)22(21)34-2/h9-12,29-30H,1-8H3. The van der Waals surface area contributed by atoms with E-state index in [2.05, 4.69) is 9.97 Å². The zero-order valence-corrected chi connectivity index (χ0v) is 23.5. The number of fused-ring (bicyclic) bond motifs is 8. The van der Waals surface area contributed by atoms with Crippen molar-refractivity contribution in [2.45, 2.75) is 0 Å². The minimum atomic E-state index is 0.428. The van der Waals surface area contributed by atoms with Crippen molar-refractivity contribution in [3.63, 3.8) is 0 Å². The number of hydrogen-bond donors (Lipinski definition) is 2. The van der Waals surface area contributed by atoms with E-state index in [0.29, 0.717) is 90.9 Å². The van der Waals surface area contributed by atoms with Gasteiger partial charge in [0.25, 0.3) is 0 Å². The minimum Gasteiger partial charge on any atom is -0.491 e. The molecule has 3 aromatic rings. The Balaban J connectivity index is 2.03. The van der Waals surface area contributed by atoms with E-state index in [1.165, 1.54) is 0 Å². The fourth-order valence-corrected chi connectivity index (χ4v) is 4.88. The number of nitrogens with zero attached hydrogens (tertiary/aromatic N) is 2. The molecule has 12 heteroatoms. The van der Waals surface area contributed by atoms with E-state index in [4.69, 9.17) is 47.9 Å². The molecular weight excluding hydrogens is 520 g/mol. The van der Waals surface area contributed by atoms with Crippen LogP contribution in [0.3, 0.4) is 0 Å². The highest BCUT2D eigenvalue weighted by Crippen LogP contribution is 2.42. The van der Waals surface area contributed by atoms with Crippen LogP contribution >= 0.6 is 0 Å². The van der Waals surface area contributed by atoms with Crippen molar-refractivity contribution in [2.24, 2.45) is 0 Å². The first-order valence-corrected chi connectivity index (χ1v) is 12.1. The van der Waals surface area contributed by atoms with Crippen molar-refractivity contribution in [2.75, 3.05) is 56.9 Å². The predicted octanol–water partition coefficient (Wildman–Crippen LogP) is 4.59. The average Bonchev–Trinajstić information content (AvgIpc) is 3.67. The third kappa shape index (κ3) is 4.08. The second-order valence-corrected chi connectivity index (χ2v) is 8.51. The van der Waals surface area contributed by atoms with Crippen molar-refractivity contribution < 1.29 is 37.9 Å². The molecule has 2 aliphatic rings. The number of nitrogens with one attached hydrogen (secondary N) is 2. The Hall–Kier alpha value is -5.00. The van der Waals surface area contributed by atoms with Gasteiger partial charge >= 0.3 is 0 Å². The van der Waals surface area contributed by atoms with E-state index in [-0.39, 0.29) is 0 Å². The van der Waals surface area contributed by atoms with E-state index < -0.39 is 0 Å². The van der Waals surface area contributed by atoms with Gasteiger partial charge in [-0.15, -0.1) is 0 Å². The highest BCUT2D eigenvalue weighted by molar-refractivity contribution is 5.92. The Kier molecular flexibility index (Phi) is 7.07. The number of methoxy groups -OCH3 is 8.